The van der Waals surface area contributed by atoms with Gasteiger partial charge in [0.1, 0.15) is 5.69 Å². The third-order valence-corrected chi connectivity index (χ3v) is 2.85. The Balaban J connectivity index is 2.10. The molecule has 0 bridgehead atoms. The van der Waals surface area contributed by atoms with Crippen molar-refractivity contribution in [3.8, 4) is 0 Å². The van der Waals surface area contributed by atoms with E-state index in [1.54, 1.807) is 13.2 Å². The van der Waals surface area contributed by atoms with Crippen LogP contribution in [-0.2, 0) is 6.42 Å². The molecular weight excluding hydrogens is 248 g/mol. The summed E-state index contributed by atoms with van der Waals surface area (Å²) in [6.07, 6.45) is 2.31. The second-order valence-corrected chi connectivity index (χ2v) is 4.33. The van der Waals surface area contributed by atoms with Gasteiger partial charge in [0.25, 0.3) is 0 Å². The van der Waals surface area contributed by atoms with Gasteiger partial charge in [0.2, 0.25) is 0 Å². The number of pyridine rings is 1. The van der Waals surface area contributed by atoms with Crippen molar-refractivity contribution in [1.82, 2.24) is 4.98 Å². The molecule has 1 heterocycles. The summed E-state index contributed by atoms with van der Waals surface area (Å²) in [6.45, 7) is 0.467. The van der Waals surface area contributed by atoms with Gasteiger partial charge in [-0.2, -0.15) is 0 Å². The van der Waals surface area contributed by atoms with Crippen LogP contribution in [-0.4, -0.2) is 18.6 Å². The summed E-state index contributed by atoms with van der Waals surface area (Å²) in [5.74, 6) is -1.30. The Morgan fingerprint density at radius 3 is 2.47 bits per heavy atom. The van der Waals surface area contributed by atoms with Crippen molar-refractivity contribution in [2.24, 2.45) is 0 Å². The van der Waals surface area contributed by atoms with Crippen LogP contribution >= 0.6 is 0 Å². The van der Waals surface area contributed by atoms with Gasteiger partial charge in [0.15, 0.2) is 11.6 Å². The molecule has 0 atom stereocenters. The second-order valence-electron chi connectivity index (χ2n) is 4.33. The van der Waals surface area contributed by atoms with E-state index in [1.165, 1.54) is 4.90 Å². The van der Waals surface area contributed by atoms with Gasteiger partial charge in [-0.15, -0.1) is 0 Å². The predicted molar refractivity (Wildman–Crippen MR) is 72.0 cm³/mol. The third-order valence-electron chi connectivity index (χ3n) is 2.85. The summed E-state index contributed by atoms with van der Waals surface area (Å²) >= 11 is 0. The fraction of sp³-hybridized carbons (Fsp3) is 0.214. The molecule has 2 aromatic rings. The van der Waals surface area contributed by atoms with E-state index in [2.05, 4.69) is 4.98 Å². The van der Waals surface area contributed by atoms with Crippen LogP contribution in [0.4, 0.5) is 20.2 Å². The molecule has 1 aromatic heterocycles. The first kappa shape index (κ1) is 13.3. The molecule has 0 aliphatic rings. The molecule has 0 aliphatic carbocycles. The van der Waals surface area contributed by atoms with Crippen LogP contribution in [0.15, 0.2) is 36.5 Å². The number of hydrogen-bond acceptors (Lipinski definition) is 3. The van der Waals surface area contributed by atoms with E-state index in [4.69, 9.17) is 5.73 Å². The molecule has 2 rings (SSSR count). The van der Waals surface area contributed by atoms with Gasteiger partial charge in [-0.25, -0.2) is 8.78 Å². The van der Waals surface area contributed by atoms with Crippen molar-refractivity contribution >= 4 is 11.4 Å². The molecule has 0 fully saturated rings. The highest BCUT2D eigenvalue weighted by atomic mass is 19.1. The Kier molecular flexibility index (Phi) is 3.94. The van der Waals surface area contributed by atoms with Gasteiger partial charge in [-0.05, 0) is 24.3 Å². The van der Waals surface area contributed by atoms with E-state index in [-0.39, 0.29) is 11.4 Å². The van der Waals surface area contributed by atoms with E-state index >= 15 is 0 Å². The molecule has 2 N–H and O–H groups in total. The molecule has 0 spiro atoms. The van der Waals surface area contributed by atoms with Crippen LogP contribution in [0.25, 0.3) is 0 Å². The lowest BCUT2D eigenvalue weighted by molar-refractivity contribution is 0.577. The Hall–Kier alpha value is -2.17. The number of nitrogens with zero attached hydrogens (tertiary/aromatic N) is 2. The zero-order chi connectivity index (χ0) is 13.8. The summed E-state index contributed by atoms with van der Waals surface area (Å²) in [4.78, 5) is 5.70. The number of benzene rings is 1. The predicted octanol–water partition coefficient (Wildman–Crippen LogP) is 2.62. The van der Waals surface area contributed by atoms with Gasteiger partial charge in [-0.3, -0.25) is 4.98 Å². The monoisotopic (exact) mass is 263 g/mol. The van der Waals surface area contributed by atoms with E-state index in [0.29, 0.717) is 13.0 Å². The minimum Gasteiger partial charge on any atom is -0.399 e. The molecule has 0 aliphatic heterocycles. The van der Waals surface area contributed by atoms with Crippen molar-refractivity contribution in [3.05, 3.63) is 53.9 Å². The van der Waals surface area contributed by atoms with Crippen molar-refractivity contribution in [2.45, 2.75) is 6.42 Å². The van der Waals surface area contributed by atoms with Crippen LogP contribution in [0.5, 0.6) is 0 Å². The normalized spacial score (nSPS) is 10.5. The molecular formula is C14H15F2N3. The number of rotatable bonds is 4. The first-order chi connectivity index (χ1) is 9.08. The van der Waals surface area contributed by atoms with Crippen LogP contribution < -0.4 is 10.6 Å². The molecule has 1 aromatic carbocycles. The Bertz CT molecular complexity index is 535. The average Bonchev–Trinajstić information content (AvgIpc) is 2.36. The van der Waals surface area contributed by atoms with Gasteiger partial charge >= 0.3 is 0 Å². The molecule has 0 unspecified atom stereocenters. The average molecular weight is 263 g/mol. The highest BCUT2D eigenvalue weighted by molar-refractivity contribution is 5.55. The van der Waals surface area contributed by atoms with Crippen molar-refractivity contribution < 1.29 is 8.78 Å². The maximum atomic E-state index is 13.7. The minimum absolute atomic E-state index is 0.0647. The molecule has 0 radical (unpaired) electrons. The Labute approximate surface area is 110 Å². The molecule has 0 saturated carbocycles. The maximum Gasteiger partial charge on any atom is 0.151 e. The quantitative estimate of drug-likeness (QED) is 0.862. The molecule has 3 nitrogen and oxygen atoms in total. The standard InChI is InChI=1S/C14H15F2N3/c1-19(7-5-11-4-2-3-6-18-11)14-12(15)8-10(17)9-13(14)16/h2-4,6,8-9H,5,7,17H2,1H3. The third kappa shape index (κ3) is 3.19. The van der Waals surface area contributed by atoms with E-state index in [0.717, 1.165) is 17.8 Å². The van der Waals surface area contributed by atoms with Gasteiger partial charge in [0, 0.05) is 37.6 Å². The van der Waals surface area contributed by atoms with E-state index in [1.807, 2.05) is 18.2 Å². The van der Waals surface area contributed by atoms with Crippen LogP contribution in [0.3, 0.4) is 0 Å². The smallest absolute Gasteiger partial charge is 0.151 e. The van der Waals surface area contributed by atoms with Crippen LogP contribution in [0, 0.1) is 11.6 Å². The lowest BCUT2D eigenvalue weighted by Gasteiger charge is -2.20. The fourth-order valence-electron chi connectivity index (χ4n) is 1.89. The zero-order valence-electron chi connectivity index (χ0n) is 10.6. The lowest BCUT2D eigenvalue weighted by atomic mass is 10.2. The largest absolute Gasteiger partial charge is 0.399 e. The number of aromatic nitrogens is 1. The van der Waals surface area contributed by atoms with Crippen molar-refractivity contribution in [2.75, 3.05) is 24.2 Å². The van der Waals surface area contributed by atoms with Crippen LogP contribution in [0.2, 0.25) is 0 Å². The second kappa shape index (κ2) is 5.65. The number of halogens is 2. The number of hydrogen-bond donors (Lipinski definition) is 1. The van der Waals surface area contributed by atoms with Gasteiger partial charge < -0.3 is 10.6 Å². The first-order valence-electron chi connectivity index (χ1n) is 5.93. The summed E-state index contributed by atoms with van der Waals surface area (Å²) in [7, 11) is 1.64. The summed E-state index contributed by atoms with van der Waals surface area (Å²) < 4.78 is 27.4. The van der Waals surface area contributed by atoms with E-state index in [9.17, 15) is 8.78 Å². The van der Waals surface area contributed by atoms with Gasteiger partial charge in [-0.1, -0.05) is 6.07 Å². The fourth-order valence-corrected chi connectivity index (χ4v) is 1.89. The molecule has 5 heteroatoms. The highest BCUT2D eigenvalue weighted by Gasteiger charge is 2.14. The van der Waals surface area contributed by atoms with Gasteiger partial charge in [0.05, 0.1) is 0 Å². The highest BCUT2D eigenvalue weighted by Crippen LogP contribution is 2.25. The summed E-state index contributed by atoms with van der Waals surface area (Å²) in [5.41, 5.74) is 6.28. The number of anilines is 2. The number of likely N-dealkylation sites (N-methyl/N-ethyl adjacent to an activating group) is 1. The molecule has 19 heavy (non-hydrogen) atoms. The molecule has 100 valence electrons. The van der Waals surface area contributed by atoms with Crippen molar-refractivity contribution in [3.63, 3.8) is 0 Å². The Morgan fingerprint density at radius 2 is 1.89 bits per heavy atom. The SMILES string of the molecule is CN(CCc1ccccn1)c1c(F)cc(N)cc1F. The molecule has 0 saturated heterocycles. The minimum atomic E-state index is -0.652. The first-order valence-corrected chi connectivity index (χ1v) is 5.93. The zero-order valence-corrected chi connectivity index (χ0v) is 10.6. The van der Waals surface area contributed by atoms with Crippen LogP contribution in [0.1, 0.15) is 5.69 Å². The van der Waals surface area contributed by atoms with Crippen molar-refractivity contribution in [1.29, 1.82) is 0 Å². The molecule has 0 amide bonds. The van der Waals surface area contributed by atoms with E-state index < -0.39 is 11.6 Å². The number of nitrogen functional groups attached to an aromatic ring is 1. The Morgan fingerprint density at radius 1 is 1.21 bits per heavy atom. The maximum absolute atomic E-state index is 13.7. The topological polar surface area (TPSA) is 42.2 Å². The number of nitrogens with two attached hydrogens (primary N) is 1. The lowest BCUT2D eigenvalue weighted by Crippen LogP contribution is -2.23. The summed E-state index contributed by atoms with van der Waals surface area (Å²) in [6, 6.07) is 7.83. The summed E-state index contributed by atoms with van der Waals surface area (Å²) in [5, 5.41) is 0.